The van der Waals surface area contributed by atoms with E-state index in [1.807, 2.05) is 207 Å². The minimum absolute atomic E-state index is 0. The fourth-order valence-corrected chi connectivity index (χ4v) is 12.3. The van der Waals surface area contributed by atoms with Gasteiger partial charge in [0, 0.05) is 104 Å². The van der Waals surface area contributed by atoms with Crippen LogP contribution in [0.2, 0.25) is 0 Å². The molecule has 0 saturated heterocycles. The second-order valence-electron chi connectivity index (χ2n) is 24.7. The Balaban J connectivity index is 0.000000125. The Morgan fingerprint density at radius 2 is 0.963 bits per heavy atom. The van der Waals surface area contributed by atoms with Gasteiger partial charge in [0.15, 0.2) is 31.2 Å². The molecule has 10 heterocycles. The van der Waals surface area contributed by atoms with E-state index in [9.17, 15) is 0 Å². The molecule has 1 radical (unpaired) electrons. The zero-order valence-electron chi connectivity index (χ0n) is 67.2. The van der Waals surface area contributed by atoms with Crippen LogP contribution in [0.5, 0.6) is 0 Å². The van der Waals surface area contributed by atoms with Crippen molar-refractivity contribution in [2.45, 2.75) is 33.5 Å². The SMILES string of the molecule is Cc1cc(-c2[c-]cccc2)ncc1-c1ccccc1.Cc1cc[n+]2c(n1)-c1ccccc1C2.[2H]c1c([2H])c([2H])c2c(c1[2H])C[n+]1c([2H])c([2H])c([2H])c([2H])c1-2.[Ir+3].[Ir].[c-]1ccccc1-c1ccccn1.[c-]1ccccc1-c1ccccn1.[c-]1ccccc1N1C=CN(c2ccccc2)[CH-]1.c1ccc(-c2ccc3c(c2)-c2cccc[n+]2C3)cc1. The molecule has 0 saturated carbocycles. The molecule has 4 aliphatic heterocycles. The van der Waals surface area contributed by atoms with E-state index in [0.29, 0.717) is 5.56 Å². The Morgan fingerprint density at radius 1 is 0.398 bits per heavy atom. The zero-order chi connectivity index (χ0) is 78.9. The molecule has 20 rings (SSSR count). The van der Waals surface area contributed by atoms with Gasteiger partial charge in [-0.3, -0.25) is 0 Å². The predicted octanol–water partition coefficient (Wildman–Crippen LogP) is 20.4. The molecule has 0 fully saturated rings. The molecule has 0 atom stereocenters. The van der Waals surface area contributed by atoms with Gasteiger partial charge in [0.1, 0.15) is 7.92 Å². The quantitative estimate of drug-likeness (QED) is 0.117. The summed E-state index contributed by atoms with van der Waals surface area (Å²) in [5.41, 5.74) is 22.8. The van der Waals surface area contributed by atoms with Crippen LogP contribution in [-0.4, -0.2) is 19.9 Å². The fraction of sp³-hybridized carbons (Fsp3) is 0.0515. The van der Waals surface area contributed by atoms with Crippen molar-refractivity contribution in [1.29, 1.82) is 0 Å². The van der Waals surface area contributed by atoms with Crippen molar-refractivity contribution < 1.29 is 64.9 Å². The number of hydrogen-bond acceptors (Lipinski definition) is 6. The first kappa shape index (κ1) is 65.2. The van der Waals surface area contributed by atoms with Crippen molar-refractivity contribution in [2.75, 3.05) is 9.80 Å². The van der Waals surface area contributed by atoms with Gasteiger partial charge in [0.2, 0.25) is 11.4 Å². The maximum Gasteiger partial charge on any atom is 3.00 e. The number of benzene rings is 10. The summed E-state index contributed by atoms with van der Waals surface area (Å²) in [6.45, 7) is 8.15. The molecule has 10 aromatic carbocycles. The number of fused-ring (bicyclic) bond motifs is 9. The van der Waals surface area contributed by atoms with E-state index >= 15 is 0 Å². The Hall–Kier alpha value is -12.3. The summed E-state index contributed by atoms with van der Waals surface area (Å²) < 4.78 is 68.3. The summed E-state index contributed by atoms with van der Waals surface area (Å²) in [5.74, 6) is 1.10. The van der Waals surface area contributed by atoms with Crippen LogP contribution in [-0.2, 0) is 59.8 Å². The van der Waals surface area contributed by atoms with Crippen LogP contribution in [0, 0.1) is 44.8 Å². The van der Waals surface area contributed by atoms with Gasteiger partial charge in [-0.25, -0.2) is 4.57 Å². The van der Waals surface area contributed by atoms with Crippen molar-refractivity contribution in [3.8, 4) is 89.9 Å². The maximum absolute atomic E-state index is 7.98. The molecular formula is C97H77Ir2N9+. The van der Waals surface area contributed by atoms with E-state index in [0.717, 1.165) is 69.8 Å². The monoisotopic (exact) mass is 1760 g/mol. The largest absolute Gasteiger partial charge is 3.00 e. The first-order valence-electron chi connectivity index (χ1n) is 38.8. The van der Waals surface area contributed by atoms with Gasteiger partial charge in [0.25, 0.3) is 0 Å². The number of hydrogen-bond donors (Lipinski definition) is 0. The second kappa shape index (κ2) is 38.1. The van der Waals surface area contributed by atoms with Gasteiger partial charge in [-0.15, -0.1) is 120 Å². The molecule has 0 bridgehead atoms. The van der Waals surface area contributed by atoms with Gasteiger partial charge in [-0.05, 0) is 118 Å². The Morgan fingerprint density at radius 3 is 1.61 bits per heavy atom. The first-order valence-corrected chi connectivity index (χ1v) is 34.8. The molecule has 16 aromatic rings. The van der Waals surface area contributed by atoms with Gasteiger partial charge in [0.05, 0.1) is 32.5 Å². The summed E-state index contributed by atoms with van der Waals surface area (Å²) >= 11 is 0. The van der Waals surface area contributed by atoms with Gasteiger partial charge < -0.3 is 24.8 Å². The summed E-state index contributed by atoms with van der Waals surface area (Å²) in [4.78, 5) is 21.7. The standard InChI is InChI=1S/2C18H14N.C15H12N2.C12H11N2.C12H10N.2C11H8N.2Ir/c1-2-6-14(7-3-1)15-9-10-16-13-19-11-5-4-8-18(19)17(16)12-15;1-14-12-18(16-10-6-3-7-11-16)19-13-17(14)15-8-4-2-5-9-15;1-3-7-14(8-4-1)16-11-12-17(13-16)15-9-5-2-6-10-15;1-9-6-7-14-8-10-4-2-3-5-11(10)12(14)13-9;1-2-6-11-10(5-1)9-13-8-4-3-7-12(11)13;2*1-2-6-10(7-3-1)11-8-4-5-9-12-11;;/h1-12H,13H2;2-10,12-13H,1H3;1-9,11-13H;2-7H,8H2,1H3;1-8H,9H2;2*1-6,8-9H;;/q+1;-1;-2;2*+1;2*-1;;+3/i;;;;1D,2D,3D,4D,5D,6D,7D,8D;;;;. The van der Waals surface area contributed by atoms with Crippen LogP contribution in [0.3, 0.4) is 0 Å². The molecule has 0 N–H and O–H groups in total. The normalized spacial score (nSPS) is 12.5. The first-order chi connectivity index (χ1) is 55.7. The number of aromatic nitrogens is 7. The maximum atomic E-state index is 7.98. The Labute approximate surface area is 672 Å². The van der Waals surface area contributed by atoms with Gasteiger partial charge in [-0.2, -0.15) is 39.5 Å². The molecule has 108 heavy (non-hydrogen) atoms. The number of nitrogens with zero attached hydrogens (tertiary/aromatic N) is 9. The minimum Gasteiger partial charge on any atom is -0.500 e. The third kappa shape index (κ3) is 19.4. The smallest absolute Gasteiger partial charge is 0.500 e. The number of para-hydroxylation sites is 2. The number of aryl methyl sites for hydroxylation is 2. The van der Waals surface area contributed by atoms with Crippen LogP contribution < -0.4 is 23.5 Å². The summed E-state index contributed by atoms with van der Waals surface area (Å²) in [5, 5.41) is 0. The Kier molecular flexibility index (Phi) is 23.0. The zero-order valence-corrected chi connectivity index (χ0v) is 64.0. The molecule has 0 unspecified atom stereocenters. The van der Waals surface area contributed by atoms with E-state index in [-0.39, 0.29) is 94.4 Å². The van der Waals surface area contributed by atoms with Gasteiger partial charge >= 0.3 is 25.9 Å². The van der Waals surface area contributed by atoms with Gasteiger partial charge in [-0.1, -0.05) is 158 Å². The molecule has 11 heteroatoms. The van der Waals surface area contributed by atoms with E-state index in [4.69, 9.17) is 11.0 Å². The van der Waals surface area contributed by atoms with Crippen LogP contribution in [0.15, 0.2) is 389 Å². The molecular weight excluding hydrogens is 1680 g/mol. The van der Waals surface area contributed by atoms with E-state index in [2.05, 4.69) is 205 Å². The van der Waals surface area contributed by atoms with E-state index in [1.54, 1.807) is 12.4 Å². The summed E-state index contributed by atoms with van der Waals surface area (Å²) in [6.07, 6.45) is 13.6. The predicted molar refractivity (Wildman–Crippen MR) is 427 cm³/mol. The molecule has 9 nitrogen and oxygen atoms in total. The number of anilines is 2. The molecule has 527 valence electrons. The van der Waals surface area contributed by atoms with Crippen molar-refractivity contribution in [3.63, 3.8) is 0 Å². The van der Waals surface area contributed by atoms with Crippen molar-refractivity contribution in [2.24, 2.45) is 0 Å². The van der Waals surface area contributed by atoms with Crippen molar-refractivity contribution >= 4 is 11.4 Å². The number of rotatable bonds is 7. The van der Waals surface area contributed by atoms with Crippen LogP contribution in [0.25, 0.3) is 89.9 Å². The average Bonchev–Trinajstić information content (AvgIpc) is 1.56. The summed E-state index contributed by atoms with van der Waals surface area (Å²) in [7, 11) is 0. The third-order valence-electron chi connectivity index (χ3n) is 17.6. The molecule has 6 aromatic heterocycles. The minimum atomic E-state index is -0.411. The summed E-state index contributed by atoms with van der Waals surface area (Å²) in [6, 6.07) is 111. The Bertz CT molecular complexity index is 5740. The molecule has 0 aliphatic carbocycles. The number of pyridine rings is 5. The molecule has 0 spiro atoms. The fourth-order valence-electron chi connectivity index (χ4n) is 12.3. The average molecular weight is 1760 g/mol. The topological polar surface area (TPSA) is 69.7 Å². The molecule has 0 amide bonds. The molecule has 4 aliphatic rings. The van der Waals surface area contributed by atoms with E-state index in [1.165, 1.54) is 60.3 Å². The van der Waals surface area contributed by atoms with Crippen molar-refractivity contribution in [3.05, 3.63) is 448 Å². The van der Waals surface area contributed by atoms with Crippen molar-refractivity contribution in [1.82, 2.24) is 19.9 Å². The van der Waals surface area contributed by atoms with Crippen LogP contribution in [0.4, 0.5) is 11.4 Å². The second-order valence-corrected chi connectivity index (χ2v) is 24.7. The van der Waals surface area contributed by atoms with E-state index < -0.39 is 12.1 Å². The third-order valence-corrected chi connectivity index (χ3v) is 17.6. The van der Waals surface area contributed by atoms with Crippen LogP contribution in [0.1, 0.15) is 38.9 Å². The van der Waals surface area contributed by atoms with Crippen LogP contribution >= 0.6 is 0 Å².